The van der Waals surface area contributed by atoms with Crippen molar-refractivity contribution in [3.05, 3.63) is 21.9 Å². The van der Waals surface area contributed by atoms with Crippen LogP contribution in [0.25, 0.3) is 0 Å². The lowest BCUT2D eigenvalue weighted by atomic mass is 9.95. The van der Waals surface area contributed by atoms with E-state index in [1.54, 1.807) is 0 Å². The summed E-state index contributed by atoms with van der Waals surface area (Å²) in [5.74, 6) is 0. The van der Waals surface area contributed by atoms with Crippen molar-refractivity contribution in [1.29, 1.82) is 0 Å². The Hall–Kier alpha value is -0.380. The van der Waals surface area contributed by atoms with Gasteiger partial charge in [-0.2, -0.15) is 0 Å². The van der Waals surface area contributed by atoms with Gasteiger partial charge in [-0.15, -0.1) is 11.3 Å². The van der Waals surface area contributed by atoms with E-state index in [0.29, 0.717) is 0 Å². The Kier molecular flexibility index (Phi) is 4.60. The Morgan fingerprint density at radius 3 is 2.88 bits per heavy atom. The average Bonchev–Trinajstić information content (AvgIpc) is 2.94. The summed E-state index contributed by atoms with van der Waals surface area (Å²) < 4.78 is 0. The van der Waals surface area contributed by atoms with Gasteiger partial charge >= 0.3 is 0 Å². The van der Waals surface area contributed by atoms with Gasteiger partial charge in [-0.1, -0.05) is 19.8 Å². The number of hydrogen-bond acceptors (Lipinski definition) is 3. The summed E-state index contributed by atoms with van der Waals surface area (Å²) in [6, 6.07) is 2.24. The standard InChI is InChI=1S/C14H24N2S/c1-2-12-5-10-17-13(12)11-16-9-8-14(15)6-3-4-7-14/h5,10,16H,2-4,6-9,11,15H2,1H3. The van der Waals surface area contributed by atoms with Crippen molar-refractivity contribution in [3.8, 4) is 0 Å². The van der Waals surface area contributed by atoms with Gasteiger partial charge in [0.25, 0.3) is 0 Å². The van der Waals surface area contributed by atoms with Crippen molar-refractivity contribution >= 4 is 11.3 Å². The van der Waals surface area contributed by atoms with Gasteiger partial charge in [0, 0.05) is 17.0 Å². The molecule has 17 heavy (non-hydrogen) atoms. The third-order valence-corrected chi connectivity index (χ3v) is 4.87. The SMILES string of the molecule is CCc1ccsc1CNCCC1(N)CCCC1. The van der Waals surface area contributed by atoms with Crippen molar-refractivity contribution in [3.63, 3.8) is 0 Å². The van der Waals surface area contributed by atoms with Crippen molar-refractivity contribution in [2.24, 2.45) is 5.73 Å². The molecule has 96 valence electrons. The lowest BCUT2D eigenvalue weighted by Gasteiger charge is -2.23. The van der Waals surface area contributed by atoms with Crippen LogP contribution in [-0.2, 0) is 13.0 Å². The maximum absolute atomic E-state index is 6.34. The number of aryl methyl sites for hydroxylation is 1. The third kappa shape index (κ3) is 3.54. The lowest BCUT2D eigenvalue weighted by molar-refractivity contribution is 0.393. The highest BCUT2D eigenvalue weighted by Crippen LogP contribution is 2.29. The van der Waals surface area contributed by atoms with Crippen molar-refractivity contribution in [1.82, 2.24) is 5.32 Å². The first-order valence-corrected chi connectivity index (χ1v) is 7.66. The van der Waals surface area contributed by atoms with Crippen molar-refractivity contribution < 1.29 is 0 Å². The molecule has 0 radical (unpaired) electrons. The summed E-state index contributed by atoms with van der Waals surface area (Å²) in [5.41, 5.74) is 7.96. The molecule has 2 rings (SSSR count). The molecule has 0 spiro atoms. The molecular weight excluding hydrogens is 228 g/mol. The van der Waals surface area contributed by atoms with Gasteiger partial charge < -0.3 is 11.1 Å². The monoisotopic (exact) mass is 252 g/mol. The van der Waals surface area contributed by atoms with Crippen LogP contribution < -0.4 is 11.1 Å². The van der Waals surface area contributed by atoms with Gasteiger partial charge in [0.1, 0.15) is 0 Å². The molecule has 0 amide bonds. The highest BCUT2D eigenvalue weighted by Gasteiger charge is 2.28. The smallest absolute Gasteiger partial charge is 0.0302 e. The van der Waals surface area contributed by atoms with Crippen LogP contribution in [0.15, 0.2) is 11.4 Å². The molecule has 2 nitrogen and oxygen atoms in total. The normalized spacial score (nSPS) is 18.7. The van der Waals surface area contributed by atoms with Gasteiger partial charge in [0.15, 0.2) is 0 Å². The molecule has 1 aliphatic rings. The van der Waals surface area contributed by atoms with Gasteiger partial charge in [0.2, 0.25) is 0 Å². The van der Waals surface area contributed by atoms with Gasteiger partial charge in [-0.3, -0.25) is 0 Å². The van der Waals surface area contributed by atoms with E-state index >= 15 is 0 Å². The fourth-order valence-corrected chi connectivity index (χ4v) is 3.65. The lowest BCUT2D eigenvalue weighted by Crippen LogP contribution is -2.39. The predicted octanol–water partition coefficient (Wildman–Crippen LogP) is 3.06. The largest absolute Gasteiger partial charge is 0.325 e. The Balaban J connectivity index is 1.69. The molecule has 0 aromatic carbocycles. The summed E-state index contributed by atoms with van der Waals surface area (Å²) in [6.07, 6.45) is 7.34. The van der Waals surface area contributed by atoms with E-state index in [1.165, 1.54) is 36.1 Å². The van der Waals surface area contributed by atoms with Gasteiger partial charge in [-0.05, 0) is 49.2 Å². The van der Waals surface area contributed by atoms with Crippen LogP contribution in [0.1, 0.15) is 49.5 Å². The van der Waals surface area contributed by atoms with E-state index in [2.05, 4.69) is 23.7 Å². The zero-order valence-electron chi connectivity index (χ0n) is 10.8. The summed E-state index contributed by atoms with van der Waals surface area (Å²) in [5, 5.41) is 5.74. The van der Waals surface area contributed by atoms with E-state index in [0.717, 1.165) is 25.9 Å². The average molecular weight is 252 g/mol. The molecule has 0 bridgehead atoms. The summed E-state index contributed by atoms with van der Waals surface area (Å²) >= 11 is 1.86. The predicted molar refractivity (Wildman–Crippen MR) is 75.4 cm³/mol. The maximum atomic E-state index is 6.34. The van der Waals surface area contributed by atoms with E-state index in [9.17, 15) is 0 Å². The molecule has 0 saturated heterocycles. The number of hydrogen-bond donors (Lipinski definition) is 2. The van der Waals surface area contributed by atoms with Crippen LogP contribution in [0.2, 0.25) is 0 Å². The fourth-order valence-electron chi connectivity index (χ4n) is 2.71. The number of rotatable bonds is 6. The highest BCUT2D eigenvalue weighted by atomic mass is 32.1. The molecule has 1 aliphatic carbocycles. The minimum Gasteiger partial charge on any atom is -0.325 e. The van der Waals surface area contributed by atoms with E-state index in [-0.39, 0.29) is 5.54 Å². The summed E-state index contributed by atoms with van der Waals surface area (Å²) in [6.45, 7) is 4.29. The first kappa shape index (κ1) is 13.1. The molecule has 1 heterocycles. The Labute approximate surface area is 109 Å². The van der Waals surface area contributed by atoms with Crippen LogP contribution in [-0.4, -0.2) is 12.1 Å². The third-order valence-electron chi connectivity index (χ3n) is 3.90. The molecule has 3 heteroatoms. The molecule has 1 aromatic heterocycles. The van der Waals surface area contributed by atoms with Crippen molar-refractivity contribution in [2.75, 3.05) is 6.54 Å². The minimum absolute atomic E-state index is 0.135. The zero-order valence-corrected chi connectivity index (χ0v) is 11.6. The van der Waals surface area contributed by atoms with E-state index in [1.807, 2.05) is 11.3 Å². The number of thiophene rings is 1. The molecule has 1 aromatic rings. The van der Waals surface area contributed by atoms with Crippen LogP contribution in [0.5, 0.6) is 0 Å². The van der Waals surface area contributed by atoms with Crippen LogP contribution in [0.4, 0.5) is 0 Å². The maximum Gasteiger partial charge on any atom is 0.0302 e. The zero-order chi connectivity index (χ0) is 12.1. The minimum atomic E-state index is 0.135. The molecular formula is C14H24N2S. The quantitative estimate of drug-likeness (QED) is 0.764. The molecule has 3 N–H and O–H groups in total. The fraction of sp³-hybridized carbons (Fsp3) is 0.714. The van der Waals surface area contributed by atoms with Crippen molar-refractivity contribution in [2.45, 2.75) is 57.5 Å². The second-order valence-corrected chi connectivity index (χ2v) is 6.22. The molecule has 0 atom stereocenters. The number of nitrogens with one attached hydrogen (secondary N) is 1. The Morgan fingerprint density at radius 1 is 1.41 bits per heavy atom. The topological polar surface area (TPSA) is 38.0 Å². The van der Waals surface area contributed by atoms with Gasteiger partial charge in [0.05, 0.1) is 0 Å². The molecule has 1 saturated carbocycles. The highest BCUT2D eigenvalue weighted by molar-refractivity contribution is 7.10. The second kappa shape index (κ2) is 5.98. The van der Waals surface area contributed by atoms with E-state index in [4.69, 9.17) is 5.73 Å². The first-order valence-electron chi connectivity index (χ1n) is 6.78. The first-order chi connectivity index (χ1) is 8.23. The molecule has 0 unspecified atom stereocenters. The molecule has 1 fully saturated rings. The van der Waals surface area contributed by atoms with Crippen LogP contribution in [0.3, 0.4) is 0 Å². The Bertz CT molecular complexity index is 340. The summed E-state index contributed by atoms with van der Waals surface area (Å²) in [7, 11) is 0. The number of nitrogens with two attached hydrogens (primary N) is 1. The van der Waals surface area contributed by atoms with Crippen LogP contribution in [0, 0.1) is 0 Å². The van der Waals surface area contributed by atoms with Gasteiger partial charge in [-0.25, -0.2) is 0 Å². The molecule has 0 aliphatic heterocycles. The van der Waals surface area contributed by atoms with E-state index < -0.39 is 0 Å². The second-order valence-electron chi connectivity index (χ2n) is 5.22. The van der Waals surface area contributed by atoms with Crippen LogP contribution >= 0.6 is 11.3 Å². The summed E-state index contributed by atoms with van der Waals surface area (Å²) in [4.78, 5) is 1.49. The Morgan fingerprint density at radius 2 is 2.18 bits per heavy atom.